The van der Waals surface area contributed by atoms with Crippen molar-refractivity contribution in [2.45, 2.75) is 24.3 Å². The third-order valence-corrected chi connectivity index (χ3v) is 6.41. The van der Waals surface area contributed by atoms with Crippen molar-refractivity contribution in [2.24, 2.45) is 0 Å². The number of nitrogens with zero attached hydrogens (tertiary/aromatic N) is 2. The van der Waals surface area contributed by atoms with Gasteiger partial charge >= 0.3 is 0 Å². The number of rotatable bonds is 6. The molecule has 4 rings (SSSR count). The number of halogens is 1. The number of carbonyl (C=O) groups is 1. The molecule has 0 bridgehead atoms. The number of benzene rings is 3. The molecule has 1 heterocycles. The molecule has 1 saturated heterocycles. The fourth-order valence-electron chi connectivity index (χ4n) is 4.00. The Hall–Kier alpha value is -2.57. The molecule has 2 unspecified atom stereocenters. The summed E-state index contributed by atoms with van der Waals surface area (Å²) >= 11 is 11.3. The highest BCUT2D eigenvalue weighted by Crippen LogP contribution is 2.44. The number of aliphatic hydroxyl groups is 1. The lowest BCUT2D eigenvalue weighted by Crippen LogP contribution is -2.47. The van der Waals surface area contributed by atoms with E-state index in [0.717, 1.165) is 11.1 Å². The number of hydrogen-bond acceptors (Lipinski definition) is 4. The molecule has 4 nitrogen and oxygen atoms in total. The molecule has 0 aromatic heterocycles. The topological polar surface area (TPSA) is 43.8 Å². The van der Waals surface area contributed by atoms with Gasteiger partial charge in [-0.2, -0.15) is 0 Å². The van der Waals surface area contributed by atoms with Gasteiger partial charge in [-0.3, -0.25) is 4.79 Å². The molecule has 0 radical (unpaired) electrons. The van der Waals surface area contributed by atoms with Gasteiger partial charge in [-0.25, -0.2) is 4.90 Å². The van der Waals surface area contributed by atoms with E-state index in [4.69, 9.17) is 24.2 Å². The van der Waals surface area contributed by atoms with E-state index in [2.05, 4.69) is 6.58 Å². The molecule has 6 heteroatoms. The molecular weight excluding hydrogens is 428 g/mol. The zero-order chi connectivity index (χ0) is 22.0. The average molecular weight is 451 g/mol. The summed E-state index contributed by atoms with van der Waals surface area (Å²) in [5, 5.41) is 12.3. The Morgan fingerprint density at radius 3 is 2.13 bits per heavy atom. The summed E-state index contributed by atoms with van der Waals surface area (Å²) in [7, 11) is 0. The molecule has 158 valence electrons. The van der Waals surface area contributed by atoms with Crippen molar-refractivity contribution < 1.29 is 9.90 Å². The molecule has 0 spiro atoms. The lowest BCUT2D eigenvalue weighted by molar-refractivity contribution is -0.157. The highest BCUT2D eigenvalue weighted by atomic mass is 35.5. The first-order chi connectivity index (χ1) is 15.0. The van der Waals surface area contributed by atoms with Crippen LogP contribution in [0.3, 0.4) is 0 Å². The molecule has 0 saturated carbocycles. The predicted molar refractivity (Wildman–Crippen MR) is 127 cm³/mol. The van der Waals surface area contributed by atoms with Crippen LogP contribution in [0, 0.1) is 0 Å². The Bertz CT molecular complexity index is 1090. The molecule has 31 heavy (non-hydrogen) atoms. The first-order valence-electron chi connectivity index (χ1n) is 9.94. The fourth-order valence-corrected chi connectivity index (χ4v) is 4.75. The van der Waals surface area contributed by atoms with Gasteiger partial charge in [0.25, 0.3) is 5.91 Å². The second-order valence-electron chi connectivity index (χ2n) is 7.46. The van der Waals surface area contributed by atoms with Crippen molar-refractivity contribution in [3.63, 3.8) is 0 Å². The molecule has 2 atom stereocenters. The van der Waals surface area contributed by atoms with Gasteiger partial charge < -0.3 is 10.0 Å². The molecule has 1 amide bonds. The van der Waals surface area contributed by atoms with Gasteiger partial charge in [-0.1, -0.05) is 97.1 Å². The molecule has 1 aliphatic heterocycles. The van der Waals surface area contributed by atoms with Crippen LogP contribution in [-0.4, -0.2) is 26.3 Å². The molecule has 0 aliphatic carbocycles. The normalized spacial score (nSPS) is 21.5. The molecule has 3 aromatic carbocycles. The highest BCUT2D eigenvalue weighted by Gasteiger charge is 2.58. The lowest BCUT2D eigenvalue weighted by atomic mass is 9.94. The van der Waals surface area contributed by atoms with Gasteiger partial charge in [0.15, 0.2) is 0 Å². The van der Waals surface area contributed by atoms with E-state index in [0.29, 0.717) is 29.2 Å². The quantitative estimate of drug-likeness (QED) is 0.526. The van der Waals surface area contributed by atoms with Gasteiger partial charge in [-0.05, 0) is 22.8 Å². The maximum Gasteiger partial charge on any atom is 0.277 e. The number of amides is 1. The third-order valence-electron chi connectivity index (χ3n) is 5.54. The minimum atomic E-state index is -1.99. The summed E-state index contributed by atoms with van der Waals surface area (Å²) in [6.07, 6.45) is 1.60. The van der Waals surface area contributed by atoms with Crippen LogP contribution in [-0.2, 0) is 23.6 Å². The van der Waals surface area contributed by atoms with Crippen LogP contribution in [0.1, 0.15) is 22.3 Å². The summed E-state index contributed by atoms with van der Waals surface area (Å²) in [6, 6.07) is 24.5. The minimum absolute atomic E-state index is 0.299. The van der Waals surface area contributed by atoms with E-state index >= 15 is 0 Å². The van der Waals surface area contributed by atoms with Crippen molar-refractivity contribution in [2.75, 3.05) is 0 Å². The van der Waals surface area contributed by atoms with Gasteiger partial charge in [0, 0.05) is 23.7 Å². The van der Waals surface area contributed by atoms with Crippen LogP contribution in [0.5, 0.6) is 0 Å². The summed E-state index contributed by atoms with van der Waals surface area (Å²) < 4.78 is 0. The number of hydrogen-bond donors (Lipinski definition) is 2. The van der Waals surface area contributed by atoms with Crippen molar-refractivity contribution >= 4 is 36.2 Å². The largest absolute Gasteiger partial charge is 0.364 e. The Morgan fingerprint density at radius 2 is 1.55 bits per heavy atom. The summed E-state index contributed by atoms with van der Waals surface area (Å²) in [5.41, 5.74) is 0.167. The minimum Gasteiger partial charge on any atom is -0.364 e. The fraction of sp³-hybridized carbons (Fsp3) is 0.160. The molecule has 1 fully saturated rings. The van der Waals surface area contributed by atoms with Crippen LogP contribution in [0.2, 0.25) is 5.02 Å². The van der Waals surface area contributed by atoms with Gasteiger partial charge in [0.1, 0.15) is 5.50 Å². The molecular formula is C25H23ClN2O2S. The lowest BCUT2D eigenvalue weighted by Gasteiger charge is -2.34. The van der Waals surface area contributed by atoms with E-state index in [1.165, 1.54) is 0 Å². The summed E-state index contributed by atoms with van der Waals surface area (Å²) in [4.78, 5) is 17.0. The zero-order valence-corrected chi connectivity index (χ0v) is 18.5. The first-order valence-corrected chi connectivity index (χ1v) is 10.8. The maximum absolute atomic E-state index is 13.8. The SMILES string of the molecule is C=Cc1cccc(Cl)c1C1(O)C(=O)N(Cc2ccccc2)C(S)N1Cc1ccccc1. The van der Waals surface area contributed by atoms with E-state index in [1.54, 1.807) is 34.1 Å². The van der Waals surface area contributed by atoms with E-state index in [-0.39, 0.29) is 0 Å². The maximum atomic E-state index is 13.8. The summed E-state index contributed by atoms with van der Waals surface area (Å²) in [6.45, 7) is 4.47. The van der Waals surface area contributed by atoms with Crippen molar-refractivity contribution in [3.8, 4) is 0 Å². The summed E-state index contributed by atoms with van der Waals surface area (Å²) in [5.74, 6) is -0.469. The molecule has 1 N–H and O–H groups in total. The number of carbonyl (C=O) groups excluding carboxylic acids is 1. The average Bonchev–Trinajstić information content (AvgIpc) is 2.96. The van der Waals surface area contributed by atoms with Crippen LogP contribution < -0.4 is 0 Å². The molecule has 3 aromatic rings. The Kier molecular flexibility index (Phi) is 6.21. The highest BCUT2D eigenvalue weighted by molar-refractivity contribution is 7.80. The Morgan fingerprint density at radius 1 is 0.968 bits per heavy atom. The van der Waals surface area contributed by atoms with Crippen LogP contribution >= 0.6 is 24.2 Å². The van der Waals surface area contributed by atoms with E-state index in [9.17, 15) is 9.90 Å². The smallest absolute Gasteiger partial charge is 0.277 e. The first kappa shape index (κ1) is 21.7. The third kappa shape index (κ3) is 3.90. The van der Waals surface area contributed by atoms with Crippen LogP contribution in [0.25, 0.3) is 6.08 Å². The number of thiol groups is 1. The van der Waals surface area contributed by atoms with E-state index < -0.39 is 17.1 Å². The van der Waals surface area contributed by atoms with Gasteiger partial charge in [0.2, 0.25) is 5.72 Å². The van der Waals surface area contributed by atoms with Crippen molar-refractivity contribution in [1.29, 1.82) is 0 Å². The Labute approximate surface area is 192 Å². The Balaban J connectivity index is 1.83. The van der Waals surface area contributed by atoms with Crippen LogP contribution in [0.4, 0.5) is 0 Å². The standard InChI is InChI=1S/C25H23ClN2O2S/c1-2-20-14-9-15-21(26)22(20)25(30)23(29)27(16-18-10-5-3-6-11-18)24(31)28(25)17-19-12-7-4-8-13-19/h2-15,24,30-31H,1,16-17H2. The second-order valence-corrected chi connectivity index (χ2v) is 8.33. The van der Waals surface area contributed by atoms with Gasteiger partial charge in [-0.15, -0.1) is 12.6 Å². The van der Waals surface area contributed by atoms with Crippen molar-refractivity contribution in [1.82, 2.24) is 9.80 Å². The monoisotopic (exact) mass is 450 g/mol. The molecule has 1 aliphatic rings. The van der Waals surface area contributed by atoms with Crippen LogP contribution in [0.15, 0.2) is 85.4 Å². The zero-order valence-electron chi connectivity index (χ0n) is 16.9. The second kappa shape index (κ2) is 8.89. The predicted octanol–water partition coefficient (Wildman–Crippen LogP) is 4.89. The van der Waals surface area contributed by atoms with Gasteiger partial charge in [0.05, 0.1) is 0 Å². The van der Waals surface area contributed by atoms with Crippen molar-refractivity contribution in [3.05, 3.63) is 113 Å². The van der Waals surface area contributed by atoms with E-state index in [1.807, 2.05) is 60.7 Å².